The molecule has 0 aromatic heterocycles. The predicted molar refractivity (Wildman–Crippen MR) is 53.3 cm³/mol. The quantitative estimate of drug-likeness (QED) is 0.558. The fourth-order valence-electron chi connectivity index (χ4n) is 1.62. The number of hydrogen-bond donors (Lipinski definition) is 0. The van der Waals surface area contributed by atoms with Gasteiger partial charge in [-0.2, -0.15) is 10.2 Å². The zero-order chi connectivity index (χ0) is 9.54. The summed E-state index contributed by atoms with van der Waals surface area (Å²) in [5.41, 5.74) is 2.00. The minimum absolute atomic E-state index is 0.0318. The molecule has 66 valence electrons. The molecule has 1 aromatic rings. The number of hydrogen-bond acceptors (Lipinski definition) is 3. The van der Waals surface area contributed by atoms with Crippen LogP contribution in [0.4, 0.5) is 0 Å². The van der Waals surface area contributed by atoms with E-state index in [0.717, 1.165) is 21.7 Å². The summed E-state index contributed by atoms with van der Waals surface area (Å²) in [6.45, 7) is 0. The summed E-state index contributed by atoms with van der Waals surface area (Å²) in [6, 6.07) is 3.88. The van der Waals surface area contributed by atoms with E-state index in [9.17, 15) is 4.79 Å². The van der Waals surface area contributed by atoms with Gasteiger partial charge in [-0.3, -0.25) is 4.79 Å². The second kappa shape index (κ2) is 2.48. The van der Waals surface area contributed by atoms with Crippen LogP contribution in [0.5, 0.6) is 0 Å². The third-order valence-corrected chi connectivity index (χ3v) is 2.32. The number of carbonyl (C=O) groups excluding carboxylic acids is 1. The molecule has 1 aromatic carbocycles. The van der Waals surface area contributed by atoms with E-state index in [2.05, 4.69) is 10.2 Å². The molecule has 0 N–H and O–H groups in total. The van der Waals surface area contributed by atoms with Gasteiger partial charge in [0.2, 0.25) is 0 Å². The lowest BCUT2D eigenvalue weighted by Crippen LogP contribution is -2.19. The van der Waals surface area contributed by atoms with Crippen LogP contribution in [0, 0.1) is 0 Å². The van der Waals surface area contributed by atoms with Gasteiger partial charge in [0.05, 0.1) is 11.6 Å². The Morgan fingerprint density at radius 2 is 2.00 bits per heavy atom. The van der Waals surface area contributed by atoms with Crippen LogP contribution >= 0.6 is 0 Å². The van der Waals surface area contributed by atoms with E-state index in [0.29, 0.717) is 0 Å². The smallest absolute Gasteiger partial charge is 0.179 e. The molecule has 1 aliphatic carbocycles. The Hall–Kier alpha value is -2.03. The fraction of sp³-hybridized carbons (Fsp3) is 0. The molecule has 0 unspecified atom stereocenters. The van der Waals surface area contributed by atoms with Crippen molar-refractivity contribution < 1.29 is 4.79 Å². The first-order chi connectivity index (χ1) is 6.83. The lowest BCUT2D eigenvalue weighted by molar-refractivity contribution is -0.109. The highest BCUT2D eigenvalue weighted by Gasteiger charge is 2.06. The SMILES string of the molecule is O=C1C=Cc2cc3c(cc2=C1)C=NN=3. The van der Waals surface area contributed by atoms with Gasteiger partial charge in [0.1, 0.15) is 0 Å². The van der Waals surface area contributed by atoms with Gasteiger partial charge in [-0.05, 0) is 35.1 Å². The Morgan fingerprint density at radius 1 is 1.07 bits per heavy atom. The van der Waals surface area contributed by atoms with Gasteiger partial charge >= 0.3 is 0 Å². The number of carbonyl (C=O) groups is 1. The van der Waals surface area contributed by atoms with Gasteiger partial charge in [0.25, 0.3) is 0 Å². The third kappa shape index (κ3) is 0.956. The van der Waals surface area contributed by atoms with Crippen LogP contribution in [0.2, 0.25) is 0 Å². The largest absolute Gasteiger partial charge is 0.290 e. The van der Waals surface area contributed by atoms with E-state index in [1.54, 1.807) is 18.4 Å². The number of ketones is 1. The lowest BCUT2D eigenvalue weighted by atomic mass is 10.0. The summed E-state index contributed by atoms with van der Waals surface area (Å²) < 4.78 is 0. The van der Waals surface area contributed by atoms with Gasteiger partial charge in [-0.25, -0.2) is 0 Å². The van der Waals surface area contributed by atoms with E-state index in [1.807, 2.05) is 18.2 Å². The Morgan fingerprint density at radius 3 is 2.93 bits per heavy atom. The Kier molecular flexibility index (Phi) is 1.31. The Balaban J connectivity index is 2.42. The molecule has 0 amide bonds. The minimum atomic E-state index is 0.0318. The first kappa shape index (κ1) is 7.38. The van der Waals surface area contributed by atoms with Gasteiger partial charge in [0, 0.05) is 5.56 Å². The standard InChI is InChI=1S/C11H6N2O/c14-10-2-1-7-5-11-9(6-12-13-11)3-8(7)4-10/h1-6H. The normalized spacial score (nSPS) is 15.9. The highest BCUT2D eigenvalue weighted by molar-refractivity contribution is 6.16. The summed E-state index contributed by atoms with van der Waals surface area (Å²) in [4.78, 5) is 11.1. The summed E-state index contributed by atoms with van der Waals surface area (Å²) in [5, 5.41) is 9.60. The lowest BCUT2D eigenvalue weighted by Gasteiger charge is -2.00. The number of allylic oxidation sites excluding steroid dienone is 1. The van der Waals surface area contributed by atoms with Crippen molar-refractivity contribution in [3.8, 4) is 0 Å². The molecule has 0 atom stereocenters. The summed E-state index contributed by atoms with van der Waals surface area (Å²) in [7, 11) is 0. The Bertz CT molecular complexity index is 609. The third-order valence-electron chi connectivity index (χ3n) is 2.32. The fourth-order valence-corrected chi connectivity index (χ4v) is 1.62. The average molecular weight is 182 g/mol. The van der Waals surface area contributed by atoms with Crippen molar-refractivity contribution in [2.24, 2.45) is 10.2 Å². The van der Waals surface area contributed by atoms with Crippen LogP contribution in [0.25, 0.3) is 12.2 Å². The molecule has 0 bridgehead atoms. The molecule has 0 fully saturated rings. The molecule has 3 rings (SSSR count). The number of fused-ring (bicyclic) bond motifs is 2. The van der Waals surface area contributed by atoms with Gasteiger partial charge in [-0.15, -0.1) is 0 Å². The summed E-state index contributed by atoms with van der Waals surface area (Å²) >= 11 is 0. The van der Waals surface area contributed by atoms with E-state index in [1.165, 1.54) is 0 Å². The van der Waals surface area contributed by atoms with Gasteiger partial charge in [0.15, 0.2) is 5.78 Å². The minimum Gasteiger partial charge on any atom is -0.290 e. The number of benzene rings is 1. The molecule has 14 heavy (non-hydrogen) atoms. The van der Waals surface area contributed by atoms with Gasteiger partial charge < -0.3 is 0 Å². The first-order valence-corrected chi connectivity index (χ1v) is 4.32. The van der Waals surface area contributed by atoms with E-state index >= 15 is 0 Å². The number of nitrogens with zero attached hydrogens (tertiary/aromatic N) is 2. The second-order valence-electron chi connectivity index (χ2n) is 3.26. The molecule has 2 aliphatic rings. The Labute approximate surface area is 79.8 Å². The summed E-state index contributed by atoms with van der Waals surface area (Å²) in [6.07, 6.45) is 6.70. The zero-order valence-electron chi connectivity index (χ0n) is 7.27. The van der Waals surface area contributed by atoms with Crippen molar-refractivity contribution in [3.63, 3.8) is 0 Å². The van der Waals surface area contributed by atoms with Crippen molar-refractivity contribution in [1.29, 1.82) is 0 Å². The molecule has 1 aliphatic heterocycles. The molecule has 0 saturated heterocycles. The highest BCUT2D eigenvalue weighted by atomic mass is 16.1. The molecule has 1 heterocycles. The van der Waals surface area contributed by atoms with Crippen LogP contribution in [-0.2, 0) is 4.79 Å². The summed E-state index contributed by atoms with van der Waals surface area (Å²) in [5.74, 6) is 0.0318. The molecule has 3 heteroatoms. The molecule has 0 saturated carbocycles. The average Bonchev–Trinajstić information content (AvgIpc) is 2.61. The van der Waals surface area contributed by atoms with Crippen LogP contribution < -0.4 is 10.6 Å². The maximum Gasteiger partial charge on any atom is 0.179 e. The molecular formula is C11H6N2O. The molecule has 0 radical (unpaired) electrons. The van der Waals surface area contributed by atoms with Crippen molar-refractivity contribution in [1.82, 2.24) is 0 Å². The van der Waals surface area contributed by atoms with Crippen molar-refractivity contribution in [2.75, 3.05) is 0 Å². The second-order valence-corrected chi connectivity index (χ2v) is 3.26. The van der Waals surface area contributed by atoms with E-state index in [4.69, 9.17) is 0 Å². The molecule has 3 nitrogen and oxygen atoms in total. The van der Waals surface area contributed by atoms with Crippen molar-refractivity contribution in [2.45, 2.75) is 0 Å². The predicted octanol–water partition coefficient (Wildman–Crippen LogP) is 0.0301. The van der Waals surface area contributed by atoms with E-state index in [-0.39, 0.29) is 5.78 Å². The van der Waals surface area contributed by atoms with Crippen LogP contribution in [-0.4, -0.2) is 12.0 Å². The van der Waals surface area contributed by atoms with Crippen LogP contribution in [0.1, 0.15) is 11.1 Å². The van der Waals surface area contributed by atoms with Crippen LogP contribution in [0.15, 0.2) is 28.4 Å². The zero-order valence-corrected chi connectivity index (χ0v) is 7.27. The van der Waals surface area contributed by atoms with Gasteiger partial charge in [-0.1, -0.05) is 6.08 Å². The maximum absolute atomic E-state index is 11.1. The first-order valence-electron chi connectivity index (χ1n) is 4.32. The topological polar surface area (TPSA) is 41.8 Å². The molecular weight excluding hydrogens is 176 g/mol. The monoisotopic (exact) mass is 182 g/mol. The highest BCUT2D eigenvalue weighted by Crippen LogP contribution is 2.01. The van der Waals surface area contributed by atoms with E-state index < -0.39 is 0 Å². The maximum atomic E-state index is 11.1. The molecule has 0 spiro atoms. The van der Waals surface area contributed by atoms with Crippen molar-refractivity contribution in [3.05, 3.63) is 39.9 Å². The van der Waals surface area contributed by atoms with Crippen molar-refractivity contribution >= 4 is 24.1 Å². The number of rotatable bonds is 0. The van der Waals surface area contributed by atoms with Crippen LogP contribution in [0.3, 0.4) is 0 Å².